The average Bonchev–Trinajstić information content (AvgIpc) is 2.87. The molecule has 0 aliphatic carbocycles. The van der Waals surface area contributed by atoms with Crippen molar-refractivity contribution in [3.8, 4) is 5.69 Å². The van der Waals surface area contributed by atoms with Crippen LogP contribution in [0.1, 0.15) is 28.1 Å². The van der Waals surface area contributed by atoms with Gasteiger partial charge in [-0.1, -0.05) is 24.3 Å². The topological polar surface area (TPSA) is 68.2 Å². The molecule has 0 radical (unpaired) electrons. The number of aliphatic imine (C=N–C) groups is 1. The van der Waals surface area contributed by atoms with Crippen molar-refractivity contribution < 1.29 is 0 Å². The van der Waals surface area contributed by atoms with Gasteiger partial charge in [0.1, 0.15) is 0 Å². The Morgan fingerprint density at radius 2 is 1.69 bits per heavy atom. The number of anilines is 1. The van der Waals surface area contributed by atoms with E-state index in [4.69, 9.17) is 5.73 Å². The molecule has 0 saturated heterocycles. The quantitative estimate of drug-likeness (QED) is 0.553. The van der Waals surface area contributed by atoms with Crippen molar-refractivity contribution in [3.05, 3.63) is 76.6 Å². The van der Waals surface area contributed by atoms with Gasteiger partial charge in [-0.2, -0.15) is 5.10 Å². The fourth-order valence-corrected chi connectivity index (χ4v) is 3.12. The van der Waals surface area contributed by atoms with Crippen LogP contribution < -0.4 is 11.1 Å². The molecule has 1 aromatic heterocycles. The summed E-state index contributed by atoms with van der Waals surface area (Å²) in [6.45, 7) is 8.69. The van der Waals surface area contributed by atoms with Crippen LogP contribution in [-0.4, -0.2) is 15.7 Å². The highest BCUT2D eigenvalue weighted by molar-refractivity contribution is 5.92. The number of rotatable bonds is 4. The summed E-state index contributed by atoms with van der Waals surface area (Å²) in [5.41, 5.74) is 13.6. The van der Waals surface area contributed by atoms with Crippen molar-refractivity contribution in [1.82, 2.24) is 9.78 Å². The second-order valence-corrected chi connectivity index (χ2v) is 6.60. The molecular formula is C21H25N5. The molecule has 1 heterocycles. The first-order valence-corrected chi connectivity index (χ1v) is 8.70. The molecule has 0 spiro atoms. The van der Waals surface area contributed by atoms with Crippen LogP contribution in [0.2, 0.25) is 0 Å². The Morgan fingerprint density at radius 3 is 2.35 bits per heavy atom. The Hall–Kier alpha value is -3.08. The molecule has 0 fully saturated rings. The van der Waals surface area contributed by atoms with Crippen LogP contribution in [-0.2, 0) is 6.54 Å². The molecule has 26 heavy (non-hydrogen) atoms. The number of hydrogen-bond donors (Lipinski definition) is 2. The van der Waals surface area contributed by atoms with Crippen LogP contribution >= 0.6 is 0 Å². The Kier molecular flexibility index (Phi) is 5.07. The maximum absolute atomic E-state index is 6.08. The van der Waals surface area contributed by atoms with Crippen molar-refractivity contribution in [1.29, 1.82) is 0 Å². The van der Waals surface area contributed by atoms with Crippen molar-refractivity contribution in [2.24, 2.45) is 10.7 Å². The van der Waals surface area contributed by atoms with Gasteiger partial charge < -0.3 is 11.1 Å². The van der Waals surface area contributed by atoms with E-state index in [1.54, 1.807) is 0 Å². The first kappa shape index (κ1) is 17.7. The Balaban J connectivity index is 1.78. The number of benzene rings is 2. The molecule has 0 atom stereocenters. The van der Waals surface area contributed by atoms with Crippen molar-refractivity contribution in [3.63, 3.8) is 0 Å². The number of aromatic nitrogens is 2. The van der Waals surface area contributed by atoms with E-state index in [-0.39, 0.29) is 0 Å². The number of hydrogen-bond acceptors (Lipinski definition) is 2. The van der Waals surface area contributed by atoms with Gasteiger partial charge in [0.25, 0.3) is 0 Å². The number of guanidine groups is 1. The summed E-state index contributed by atoms with van der Waals surface area (Å²) in [5, 5.41) is 7.82. The van der Waals surface area contributed by atoms with E-state index in [1.165, 1.54) is 11.1 Å². The van der Waals surface area contributed by atoms with E-state index in [0.717, 1.165) is 28.3 Å². The lowest BCUT2D eigenvalue weighted by Crippen LogP contribution is -2.22. The fraction of sp³-hybridized carbons (Fsp3) is 0.238. The van der Waals surface area contributed by atoms with Gasteiger partial charge in [0.05, 0.1) is 17.9 Å². The molecule has 0 unspecified atom stereocenters. The van der Waals surface area contributed by atoms with Crippen molar-refractivity contribution in [2.45, 2.75) is 34.2 Å². The lowest BCUT2D eigenvalue weighted by atomic mass is 10.1. The molecule has 3 rings (SSSR count). The highest BCUT2D eigenvalue weighted by Crippen LogP contribution is 2.19. The zero-order valence-electron chi connectivity index (χ0n) is 15.7. The molecular weight excluding hydrogens is 322 g/mol. The smallest absolute Gasteiger partial charge is 0.193 e. The maximum Gasteiger partial charge on any atom is 0.193 e. The second-order valence-electron chi connectivity index (χ2n) is 6.60. The van der Waals surface area contributed by atoms with Gasteiger partial charge in [-0.25, -0.2) is 9.67 Å². The van der Waals surface area contributed by atoms with Gasteiger partial charge in [-0.15, -0.1) is 0 Å². The summed E-state index contributed by atoms with van der Waals surface area (Å²) in [6.07, 6.45) is 0. The summed E-state index contributed by atoms with van der Waals surface area (Å²) < 4.78 is 1.95. The fourth-order valence-electron chi connectivity index (χ4n) is 3.12. The third-order valence-electron chi connectivity index (χ3n) is 4.34. The number of nitrogens with one attached hydrogen (secondary N) is 1. The van der Waals surface area contributed by atoms with Gasteiger partial charge in [-0.3, -0.25) is 0 Å². The van der Waals surface area contributed by atoms with Gasteiger partial charge >= 0.3 is 0 Å². The molecule has 0 aliphatic heterocycles. The molecule has 3 N–H and O–H groups in total. The summed E-state index contributed by atoms with van der Waals surface area (Å²) in [7, 11) is 0. The van der Waals surface area contributed by atoms with Crippen molar-refractivity contribution in [2.75, 3.05) is 5.32 Å². The predicted molar refractivity (Wildman–Crippen MR) is 108 cm³/mol. The van der Waals surface area contributed by atoms with E-state index in [0.29, 0.717) is 12.5 Å². The van der Waals surface area contributed by atoms with E-state index in [2.05, 4.69) is 54.4 Å². The molecule has 3 aromatic rings. The monoisotopic (exact) mass is 347 g/mol. The number of nitrogens with zero attached hydrogens (tertiary/aromatic N) is 3. The number of aryl methyl sites for hydroxylation is 3. The molecule has 0 bridgehead atoms. The Bertz CT molecular complexity index is 918. The van der Waals surface area contributed by atoms with E-state index in [9.17, 15) is 0 Å². The minimum atomic E-state index is 0.404. The lowest BCUT2D eigenvalue weighted by Gasteiger charge is -2.08. The van der Waals surface area contributed by atoms with E-state index in [1.807, 2.05) is 41.9 Å². The standard InChI is InChI=1S/C21H25N5/c1-14-10-15(2)12-18(11-14)24-21(22)23-13-20-16(3)25-26(17(20)4)19-8-6-5-7-9-19/h5-12H,13H2,1-4H3,(H3,22,23,24). The predicted octanol–water partition coefficient (Wildman–Crippen LogP) is 4.03. The number of nitrogens with two attached hydrogens (primary N) is 1. The zero-order valence-corrected chi connectivity index (χ0v) is 15.7. The van der Waals surface area contributed by atoms with Gasteiger partial charge in [0.15, 0.2) is 5.96 Å². The van der Waals surface area contributed by atoms with Crippen molar-refractivity contribution >= 4 is 11.6 Å². The first-order chi connectivity index (χ1) is 12.4. The highest BCUT2D eigenvalue weighted by Gasteiger charge is 2.12. The average molecular weight is 347 g/mol. The maximum atomic E-state index is 6.08. The number of para-hydroxylation sites is 1. The normalized spacial score (nSPS) is 11.6. The highest BCUT2D eigenvalue weighted by atomic mass is 15.3. The Morgan fingerprint density at radius 1 is 1.04 bits per heavy atom. The van der Waals surface area contributed by atoms with Gasteiger partial charge in [0, 0.05) is 16.9 Å². The second kappa shape index (κ2) is 7.44. The molecule has 5 heteroatoms. The minimum Gasteiger partial charge on any atom is -0.370 e. The van der Waals surface area contributed by atoms with E-state index >= 15 is 0 Å². The lowest BCUT2D eigenvalue weighted by molar-refractivity contribution is 0.832. The van der Waals surface area contributed by atoms with Crippen LogP contribution in [0.25, 0.3) is 5.69 Å². The van der Waals surface area contributed by atoms with Crippen LogP contribution in [0, 0.1) is 27.7 Å². The third-order valence-corrected chi connectivity index (χ3v) is 4.34. The SMILES string of the molecule is Cc1cc(C)cc(NC(N)=NCc2c(C)nn(-c3ccccc3)c2C)c1. The van der Waals surface area contributed by atoms with Crippen LogP contribution in [0.5, 0.6) is 0 Å². The minimum absolute atomic E-state index is 0.404. The van der Waals surface area contributed by atoms with Gasteiger partial charge in [0.2, 0.25) is 0 Å². The molecule has 134 valence electrons. The molecule has 0 amide bonds. The van der Waals surface area contributed by atoms with Gasteiger partial charge in [-0.05, 0) is 63.1 Å². The summed E-state index contributed by atoms with van der Waals surface area (Å²) in [6, 6.07) is 16.3. The summed E-state index contributed by atoms with van der Waals surface area (Å²) >= 11 is 0. The molecule has 0 saturated carbocycles. The molecule has 0 aliphatic rings. The Labute approximate surface area is 154 Å². The van der Waals surface area contributed by atoms with E-state index < -0.39 is 0 Å². The largest absolute Gasteiger partial charge is 0.370 e. The zero-order chi connectivity index (χ0) is 18.7. The summed E-state index contributed by atoms with van der Waals surface area (Å²) in [4.78, 5) is 4.51. The van der Waals surface area contributed by atoms with Crippen LogP contribution in [0.3, 0.4) is 0 Å². The summed E-state index contributed by atoms with van der Waals surface area (Å²) in [5.74, 6) is 0.404. The van der Waals surface area contributed by atoms with Crippen LogP contribution in [0.4, 0.5) is 5.69 Å². The first-order valence-electron chi connectivity index (χ1n) is 8.70. The third kappa shape index (κ3) is 3.94. The molecule has 5 nitrogen and oxygen atoms in total. The van der Waals surface area contributed by atoms with Crippen LogP contribution in [0.15, 0.2) is 53.5 Å². The molecule has 2 aromatic carbocycles.